The minimum absolute atomic E-state index is 0.0110. The topological polar surface area (TPSA) is 55.1 Å². The molecule has 1 amide bonds. The molecule has 0 saturated heterocycles. The van der Waals surface area contributed by atoms with Gasteiger partial charge in [0, 0.05) is 0 Å². The first-order valence-electron chi connectivity index (χ1n) is 7.80. The van der Waals surface area contributed by atoms with E-state index >= 15 is 0 Å². The lowest BCUT2D eigenvalue weighted by molar-refractivity contribution is -0.123. The molecule has 21 heavy (non-hydrogen) atoms. The summed E-state index contributed by atoms with van der Waals surface area (Å²) < 4.78 is 0. The van der Waals surface area contributed by atoms with Crippen molar-refractivity contribution in [3.63, 3.8) is 0 Å². The van der Waals surface area contributed by atoms with E-state index in [1.165, 1.54) is 0 Å². The molecule has 118 valence electrons. The van der Waals surface area contributed by atoms with Crippen LogP contribution < -0.4 is 11.1 Å². The molecule has 0 radical (unpaired) electrons. The van der Waals surface area contributed by atoms with Crippen molar-refractivity contribution < 1.29 is 4.79 Å². The highest BCUT2D eigenvalue weighted by Crippen LogP contribution is 2.29. The van der Waals surface area contributed by atoms with Crippen LogP contribution in [0.1, 0.15) is 59.1 Å². The van der Waals surface area contributed by atoms with Crippen LogP contribution >= 0.6 is 0 Å². The maximum absolute atomic E-state index is 12.3. The van der Waals surface area contributed by atoms with Gasteiger partial charge in [0.25, 0.3) is 0 Å². The minimum atomic E-state index is -0.434. The molecular weight excluding hydrogens is 260 g/mol. The fourth-order valence-corrected chi connectivity index (χ4v) is 2.44. The van der Waals surface area contributed by atoms with E-state index in [1.807, 2.05) is 18.2 Å². The predicted molar refractivity (Wildman–Crippen MR) is 88.8 cm³/mol. The number of carbonyl (C=O) groups excluding carboxylic acids is 1. The quantitative estimate of drug-likeness (QED) is 0.840. The maximum atomic E-state index is 12.3. The van der Waals surface area contributed by atoms with Crippen LogP contribution in [-0.2, 0) is 4.79 Å². The van der Waals surface area contributed by atoms with Gasteiger partial charge >= 0.3 is 0 Å². The largest absolute Gasteiger partial charge is 0.348 e. The fourth-order valence-electron chi connectivity index (χ4n) is 2.44. The van der Waals surface area contributed by atoms with E-state index in [1.54, 1.807) is 0 Å². The second-order valence-electron chi connectivity index (χ2n) is 7.47. The van der Waals surface area contributed by atoms with Crippen LogP contribution in [0, 0.1) is 11.3 Å². The van der Waals surface area contributed by atoms with Crippen molar-refractivity contribution in [2.24, 2.45) is 17.1 Å². The van der Waals surface area contributed by atoms with Gasteiger partial charge in [-0.1, -0.05) is 65.0 Å². The Morgan fingerprint density at radius 1 is 1.19 bits per heavy atom. The molecule has 0 saturated carbocycles. The van der Waals surface area contributed by atoms with Crippen LogP contribution in [0.2, 0.25) is 0 Å². The Balaban J connectivity index is 2.81. The van der Waals surface area contributed by atoms with Gasteiger partial charge in [-0.2, -0.15) is 0 Å². The van der Waals surface area contributed by atoms with Gasteiger partial charge in [-0.25, -0.2) is 0 Å². The Bertz CT molecular complexity index is 434. The van der Waals surface area contributed by atoms with Crippen molar-refractivity contribution in [3.8, 4) is 0 Å². The van der Waals surface area contributed by atoms with E-state index in [9.17, 15) is 4.79 Å². The summed E-state index contributed by atoms with van der Waals surface area (Å²) in [6.45, 7) is 10.7. The normalized spacial score (nSPS) is 14.8. The monoisotopic (exact) mass is 290 g/mol. The summed E-state index contributed by atoms with van der Waals surface area (Å²) in [4.78, 5) is 12.3. The number of amides is 1. The summed E-state index contributed by atoms with van der Waals surface area (Å²) in [5, 5.41) is 3.13. The van der Waals surface area contributed by atoms with Crippen LogP contribution in [0.3, 0.4) is 0 Å². The summed E-state index contributed by atoms with van der Waals surface area (Å²) in [5.41, 5.74) is 7.27. The molecule has 0 aromatic heterocycles. The first-order valence-corrected chi connectivity index (χ1v) is 7.80. The van der Waals surface area contributed by atoms with Crippen molar-refractivity contribution in [2.45, 2.75) is 59.5 Å². The van der Waals surface area contributed by atoms with E-state index in [0.29, 0.717) is 12.3 Å². The highest BCUT2D eigenvalue weighted by molar-refractivity contribution is 5.81. The summed E-state index contributed by atoms with van der Waals surface area (Å²) in [6, 6.07) is 9.70. The van der Waals surface area contributed by atoms with Gasteiger partial charge < -0.3 is 11.1 Å². The fraction of sp³-hybridized carbons (Fsp3) is 0.611. The third kappa shape index (κ3) is 6.76. The van der Waals surface area contributed by atoms with E-state index in [-0.39, 0.29) is 17.4 Å². The SMILES string of the molecule is CC(C)C[C@H](N)C(=O)NC(CC(C)(C)C)c1ccccc1. The van der Waals surface area contributed by atoms with Crippen LogP contribution in [0.25, 0.3) is 0 Å². The summed E-state index contributed by atoms with van der Waals surface area (Å²) >= 11 is 0. The molecule has 0 aliphatic carbocycles. The van der Waals surface area contributed by atoms with Crippen molar-refractivity contribution >= 4 is 5.91 Å². The van der Waals surface area contributed by atoms with E-state index in [2.05, 4.69) is 52.1 Å². The molecule has 0 heterocycles. The molecule has 0 bridgehead atoms. The van der Waals surface area contributed by atoms with Crippen molar-refractivity contribution in [1.29, 1.82) is 0 Å². The molecule has 0 spiro atoms. The average molecular weight is 290 g/mol. The summed E-state index contributed by atoms with van der Waals surface area (Å²) in [5.74, 6) is 0.366. The van der Waals surface area contributed by atoms with Crippen molar-refractivity contribution in [1.82, 2.24) is 5.32 Å². The molecule has 1 aromatic carbocycles. The Morgan fingerprint density at radius 3 is 2.24 bits per heavy atom. The number of carbonyl (C=O) groups is 1. The lowest BCUT2D eigenvalue weighted by atomic mass is 9.85. The van der Waals surface area contributed by atoms with Gasteiger partial charge in [0.15, 0.2) is 0 Å². The van der Waals surface area contributed by atoms with Crippen molar-refractivity contribution in [2.75, 3.05) is 0 Å². The average Bonchev–Trinajstić information content (AvgIpc) is 2.36. The van der Waals surface area contributed by atoms with Gasteiger partial charge in [0.05, 0.1) is 12.1 Å². The smallest absolute Gasteiger partial charge is 0.237 e. The van der Waals surface area contributed by atoms with Gasteiger partial charge in [-0.05, 0) is 29.7 Å². The zero-order chi connectivity index (χ0) is 16.0. The summed E-state index contributed by atoms with van der Waals surface area (Å²) in [6.07, 6.45) is 1.60. The van der Waals surface area contributed by atoms with Gasteiger partial charge in [0.2, 0.25) is 5.91 Å². The minimum Gasteiger partial charge on any atom is -0.348 e. The van der Waals surface area contributed by atoms with Crippen molar-refractivity contribution in [3.05, 3.63) is 35.9 Å². The lowest BCUT2D eigenvalue weighted by Crippen LogP contribution is -2.43. The zero-order valence-corrected chi connectivity index (χ0v) is 14.0. The third-order valence-corrected chi connectivity index (χ3v) is 3.40. The lowest BCUT2D eigenvalue weighted by Gasteiger charge is -2.28. The molecule has 2 atom stereocenters. The molecule has 3 nitrogen and oxygen atoms in total. The highest BCUT2D eigenvalue weighted by atomic mass is 16.2. The van der Waals surface area contributed by atoms with E-state index < -0.39 is 6.04 Å². The molecule has 1 unspecified atom stereocenters. The van der Waals surface area contributed by atoms with Gasteiger partial charge in [-0.15, -0.1) is 0 Å². The Kier molecular flexibility index (Phi) is 6.41. The zero-order valence-electron chi connectivity index (χ0n) is 14.0. The number of hydrogen-bond donors (Lipinski definition) is 2. The molecule has 0 aliphatic heterocycles. The maximum Gasteiger partial charge on any atom is 0.237 e. The van der Waals surface area contributed by atoms with Crippen LogP contribution in [0.4, 0.5) is 0 Å². The van der Waals surface area contributed by atoms with Crippen LogP contribution in [-0.4, -0.2) is 11.9 Å². The van der Waals surface area contributed by atoms with Gasteiger partial charge in [0.1, 0.15) is 0 Å². The second-order valence-corrected chi connectivity index (χ2v) is 7.47. The predicted octanol–water partition coefficient (Wildman–Crippen LogP) is 3.65. The molecule has 1 rings (SSSR count). The highest BCUT2D eigenvalue weighted by Gasteiger charge is 2.24. The standard InChI is InChI=1S/C18H30N2O/c1-13(2)11-15(19)17(21)20-16(12-18(3,4)5)14-9-7-6-8-10-14/h6-10,13,15-16H,11-12,19H2,1-5H3,(H,20,21)/t15-,16?/m0/s1. The van der Waals surface area contributed by atoms with Gasteiger partial charge in [-0.3, -0.25) is 4.79 Å². The molecule has 3 N–H and O–H groups in total. The van der Waals surface area contributed by atoms with E-state index in [0.717, 1.165) is 12.0 Å². The first-order chi connectivity index (χ1) is 9.69. The Hall–Kier alpha value is -1.35. The molecule has 0 aliphatic rings. The second kappa shape index (κ2) is 7.60. The number of rotatable bonds is 6. The molecule has 1 aromatic rings. The third-order valence-electron chi connectivity index (χ3n) is 3.40. The molecule has 3 heteroatoms. The summed E-state index contributed by atoms with van der Waals surface area (Å²) in [7, 11) is 0. The number of nitrogens with one attached hydrogen (secondary N) is 1. The molecule has 0 fully saturated rings. The number of nitrogens with two attached hydrogens (primary N) is 1. The Labute approximate surface area is 129 Å². The van der Waals surface area contributed by atoms with E-state index in [4.69, 9.17) is 5.73 Å². The van der Waals surface area contributed by atoms with Crippen LogP contribution in [0.5, 0.6) is 0 Å². The molecular formula is C18H30N2O. The Morgan fingerprint density at radius 2 is 1.76 bits per heavy atom. The number of hydrogen-bond acceptors (Lipinski definition) is 2. The van der Waals surface area contributed by atoms with Crippen LogP contribution in [0.15, 0.2) is 30.3 Å². The number of benzene rings is 1. The first kappa shape index (κ1) is 17.7.